The zero-order chi connectivity index (χ0) is 27.9. The minimum absolute atomic E-state index is 0.145. The van der Waals surface area contributed by atoms with Gasteiger partial charge in [0.05, 0.1) is 0 Å². The highest BCUT2D eigenvalue weighted by Gasteiger charge is 2.69. The van der Waals surface area contributed by atoms with Gasteiger partial charge in [-0.25, -0.2) is 0 Å². The molecular weight excluding hydrogens is 512 g/mol. The van der Waals surface area contributed by atoms with Gasteiger partial charge in [-0.1, -0.05) is 70.3 Å². The van der Waals surface area contributed by atoms with E-state index in [1.165, 1.54) is 32.6 Å². The lowest BCUT2D eigenvalue weighted by molar-refractivity contribution is -0.183. The van der Waals surface area contributed by atoms with Crippen LogP contribution in [0.2, 0.25) is 0 Å². The van der Waals surface area contributed by atoms with E-state index >= 15 is 17.6 Å². The van der Waals surface area contributed by atoms with Crippen molar-refractivity contribution in [2.24, 2.45) is 23.7 Å². The Morgan fingerprint density at radius 2 is 1.08 bits per heavy atom. The van der Waals surface area contributed by atoms with Crippen LogP contribution in [0.1, 0.15) is 90.9 Å². The van der Waals surface area contributed by atoms with Gasteiger partial charge in [-0.3, -0.25) is 0 Å². The topological polar surface area (TPSA) is 0 Å². The molecule has 0 aromatic rings. The van der Waals surface area contributed by atoms with Crippen LogP contribution >= 0.6 is 0 Å². The fourth-order valence-electron chi connectivity index (χ4n) is 7.17. The first-order valence-electron chi connectivity index (χ1n) is 14.1. The summed E-state index contributed by atoms with van der Waals surface area (Å²) in [6.45, 7) is 3.70. The van der Waals surface area contributed by atoms with Gasteiger partial charge in [0.25, 0.3) is 0 Å². The average Bonchev–Trinajstić information content (AvgIpc) is 2.86. The molecule has 4 aliphatic carbocycles. The Hall–Kier alpha value is -1.60. The molecule has 0 spiro atoms. The molecule has 0 aromatic heterocycles. The van der Waals surface area contributed by atoms with Crippen molar-refractivity contribution in [3.8, 4) is 0 Å². The number of halogens is 8. The number of allylic oxidation sites excluding steroid dienone is 8. The Kier molecular flexibility index (Phi) is 8.32. The molecule has 8 heteroatoms. The van der Waals surface area contributed by atoms with E-state index < -0.39 is 51.9 Å². The van der Waals surface area contributed by atoms with E-state index in [9.17, 15) is 17.6 Å². The largest absolute Gasteiger partial charge is 0.339 e. The molecule has 0 saturated heterocycles. The summed E-state index contributed by atoms with van der Waals surface area (Å²) >= 11 is 0. The monoisotopic (exact) mass is 550 g/mol. The van der Waals surface area contributed by atoms with Gasteiger partial charge in [0.15, 0.2) is 0 Å². The van der Waals surface area contributed by atoms with E-state index in [1.54, 1.807) is 0 Å². The summed E-state index contributed by atoms with van der Waals surface area (Å²) in [5.41, 5.74) is -5.15. The molecule has 0 N–H and O–H groups in total. The summed E-state index contributed by atoms with van der Waals surface area (Å²) in [6, 6.07) is 0. The maximum Gasteiger partial charge on any atom is 0.339 e. The SMILES string of the molecule is CCCC1=CC=C(C2=CC=C(C3CCC(C4CCC(CCC)CC4)CC3)C(F)(F)C2(F)F)C(F)(F)C1(F)F. The lowest BCUT2D eigenvalue weighted by Crippen LogP contribution is -2.52. The second-order valence-corrected chi connectivity index (χ2v) is 11.7. The maximum absolute atomic E-state index is 15.3. The third kappa shape index (κ3) is 4.91. The van der Waals surface area contributed by atoms with Gasteiger partial charge in [0.1, 0.15) is 0 Å². The predicted molar refractivity (Wildman–Crippen MR) is 133 cm³/mol. The fraction of sp³-hybridized carbons (Fsp3) is 0.733. The van der Waals surface area contributed by atoms with Crippen molar-refractivity contribution < 1.29 is 35.1 Å². The first kappa shape index (κ1) is 29.4. The summed E-state index contributed by atoms with van der Waals surface area (Å²) in [5, 5.41) is 0. The van der Waals surface area contributed by atoms with Crippen LogP contribution in [0.15, 0.2) is 46.6 Å². The van der Waals surface area contributed by atoms with Crippen LogP contribution in [0.5, 0.6) is 0 Å². The van der Waals surface area contributed by atoms with Crippen molar-refractivity contribution in [1.82, 2.24) is 0 Å². The molecular formula is C30H38F8. The van der Waals surface area contributed by atoms with Crippen LogP contribution in [0.4, 0.5) is 35.1 Å². The predicted octanol–water partition coefficient (Wildman–Crippen LogP) is 10.5. The summed E-state index contributed by atoms with van der Waals surface area (Å²) in [4.78, 5) is 0. The number of hydrogen-bond donors (Lipinski definition) is 0. The van der Waals surface area contributed by atoms with Crippen molar-refractivity contribution in [2.45, 2.75) is 115 Å². The Bertz CT molecular complexity index is 984. The van der Waals surface area contributed by atoms with E-state index in [2.05, 4.69) is 6.92 Å². The van der Waals surface area contributed by atoms with Crippen molar-refractivity contribution >= 4 is 0 Å². The van der Waals surface area contributed by atoms with Crippen LogP contribution in [-0.4, -0.2) is 23.7 Å². The maximum atomic E-state index is 15.3. The zero-order valence-corrected chi connectivity index (χ0v) is 22.1. The van der Waals surface area contributed by atoms with E-state index in [0.717, 1.165) is 24.8 Å². The van der Waals surface area contributed by atoms with E-state index in [4.69, 9.17) is 0 Å². The van der Waals surface area contributed by atoms with Crippen LogP contribution in [0.3, 0.4) is 0 Å². The van der Waals surface area contributed by atoms with E-state index in [-0.39, 0.29) is 12.8 Å². The molecule has 0 unspecified atom stereocenters. The molecule has 0 heterocycles. The molecule has 2 saturated carbocycles. The molecule has 0 amide bonds. The third-order valence-electron chi connectivity index (χ3n) is 9.39. The van der Waals surface area contributed by atoms with Gasteiger partial charge >= 0.3 is 23.7 Å². The van der Waals surface area contributed by atoms with Gasteiger partial charge in [-0.2, -0.15) is 35.1 Å². The lowest BCUT2D eigenvalue weighted by Gasteiger charge is -2.42. The number of rotatable bonds is 7. The second kappa shape index (κ2) is 10.8. The molecule has 2 fully saturated rings. The van der Waals surface area contributed by atoms with E-state index in [0.29, 0.717) is 55.7 Å². The molecule has 0 atom stereocenters. The van der Waals surface area contributed by atoms with Crippen molar-refractivity contribution in [1.29, 1.82) is 0 Å². The molecule has 214 valence electrons. The zero-order valence-electron chi connectivity index (χ0n) is 22.1. The Balaban J connectivity index is 1.53. The van der Waals surface area contributed by atoms with Crippen molar-refractivity contribution in [3.05, 3.63) is 46.6 Å². The number of alkyl halides is 8. The summed E-state index contributed by atoms with van der Waals surface area (Å²) in [7, 11) is 0. The van der Waals surface area contributed by atoms with Gasteiger partial charge < -0.3 is 0 Å². The summed E-state index contributed by atoms with van der Waals surface area (Å²) in [6.07, 6.45) is 11.2. The highest BCUT2D eigenvalue weighted by molar-refractivity contribution is 5.55. The Morgan fingerprint density at radius 3 is 1.61 bits per heavy atom. The van der Waals surface area contributed by atoms with Gasteiger partial charge in [0, 0.05) is 22.3 Å². The van der Waals surface area contributed by atoms with Gasteiger partial charge in [-0.05, 0) is 68.6 Å². The standard InChI is InChI=1S/C30H38F8/c1-3-5-19-7-9-20(10-8-19)21-11-13-22(14-12-21)24-17-18-26(30(37,38)28(24,33)34)25-16-15-23(6-4-2)27(31,32)29(25,35)36/h15-22H,3-14H2,1-2H3. The minimum Gasteiger partial charge on any atom is -0.194 e. The van der Waals surface area contributed by atoms with Crippen LogP contribution in [-0.2, 0) is 0 Å². The van der Waals surface area contributed by atoms with Crippen molar-refractivity contribution in [3.63, 3.8) is 0 Å². The van der Waals surface area contributed by atoms with Crippen LogP contribution in [0, 0.1) is 23.7 Å². The first-order valence-corrected chi connectivity index (χ1v) is 14.1. The molecule has 0 bridgehead atoms. The molecule has 0 nitrogen and oxygen atoms in total. The van der Waals surface area contributed by atoms with Crippen molar-refractivity contribution in [2.75, 3.05) is 0 Å². The number of hydrogen-bond acceptors (Lipinski definition) is 0. The Labute approximate surface area is 220 Å². The smallest absolute Gasteiger partial charge is 0.194 e. The third-order valence-corrected chi connectivity index (χ3v) is 9.39. The minimum atomic E-state index is -5.03. The molecule has 0 aliphatic heterocycles. The molecule has 38 heavy (non-hydrogen) atoms. The van der Waals surface area contributed by atoms with Gasteiger partial charge in [0.2, 0.25) is 0 Å². The molecule has 4 rings (SSSR count). The Morgan fingerprint density at radius 1 is 0.579 bits per heavy atom. The van der Waals surface area contributed by atoms with Crippen LogP contribution in [0.25, 0.3) is 0 Å². The summed E-state index contributed by atoms with van der Waals surface area (Å²) in [5.74, 6) is -18.7. The fourth-order valence-corrected chi connectivity index (χ4v) is 7.17. The quantitative estimate of drug-likeness (QED) is 0.277. The molecule has 0 radical (unpaired) electrons. The van der Waals surface area contributed by atoms with Crippen LogP contribution < -0.4 is 0 Å². The first-order chi connectivity index (χ1) is 17.8. The van der Waals surface area contributed by atoms with E-state index in [1.807, 2.05) is 0 Å². The average molecular weight is 551 g/mol. The highest BCUT2D eigenvalue weighted by atomic mass is 19.3. The highest BCUT2D eigenvalue weighted by Crippen LogP contribution is 2.58. The molecule has 0 aromatic carbocycles. The molecule has 4 aliphatic rings. The normalized spacial score (nSPS) is 34.1. The summed E-state index contributed by atoms with van der Waals surface area (Å²) < 4.78 is 120. The second-order valence-electron chi connectivity index (χ2n) is 11.7. The van der Waals surface area contributed by atoms with Gasteiger partial charge in [-0.15, -0.1) is 0 Å². The lowest BCUT2D eigenvalue weighted by atomic mass is 9.66.